The number of benzene rings is 4. The van der Waals surface area contributed by atoms with Gasteiger partial charge < -0.3 is 60.5 Å². The summed E-state index contributed by atoms with van der Waals surface area (Å²) in [6.45, 7) is 0. The average Bonchev–Trinajstić information content (AvgIpc) is 2.95. The van der Waals surface area contributed by atoms with Crippen LogP contribution in [0, 0.1) is 0 Å². The third-order valence-corrected chi connectivity index (χ3v) is 7.64. The molecular formula is C30H24O13. The molecule has 5 unspecified atom stereocenters. The molecule has 2 aliphatic heterocycles. The molecule has 5 atom stereocenters. The van der Waals surface area contributed by atoms with Crippen LogP contribution in [-0.2, 0) is 0 Å². The first kappa shape index (κ1) is 27.6. The minimum absolute atomic E-state index is 0.0407. The number of hydrogen-bond acceptors (Lipinski definition) is 13. The Hall–Kier alpha value is -5.53. The Kier molecular flexibility index (Phi) is 6.29. The molecule has 13 heteroatoms. The molecule has 0 aliphatic carbocycles. The standard InChI is InChI=1S/C30H24O13/c31-12-2-3-13-19(8-12)42-29(10-1-4-14(32)15(33)5-10)27(40)21(13)22-16(34)9-20-23(25(22)38)26(39)28(41)30(43-20)11-6-17(35)24(37)18(36)7-11/h1-9,21,27-38,40-41H. The molecule has 0 bridgehead atoms. The summed E-state index contributed by atoms with van der Waals surface area (Å²) in [5, 5.41) is 104. The second-order valence-corrected chi connectivity index (χ2v) is 10.3. The fourth-order valence-corrected chi connectivity index (χ4v) is 5.57. The van der Waals surface area contributed by atoms with Crippen LogP contribution < -0.4 is 9.47 Å². The Balaban J connectivity index is 1.48. The van der Waals surface area contributed by atoms with E-state index < -0.39 is 81.9 Å². The van der Waals surface area contributed by atoms with Crippen molar-refractivity contribution in [2.45, 2.75) is 30.3 Å². The highest BCUT2D eigenvalue weighted by atomic mass is 16.5. The molecule has 0 saturated carbocycles. The molecule has 222 valence electrons. The predicted molar refractivity (Wildman–Crippen MR) is 144 cm³/mol. The number of Topliss-reactive ketones (excluding diaryl/α,β-unsaturated/α-hetero) is 1. The van der Waals surface area contributed by atoms with Crippen LogP contribution in [0.4, 0.5) is 0 Å². The molecule has 2 heterocycles. The van der Waals surface area contributed by atoms with Crippen LogP contribution in [0.25, 0.3) is 0 Å². The van der Waals surface area contributed by atoms with Gasteiger partial charge >= 0.3 is 0 Å². The van der Waals surface area contributed by atoms with E-state index in [1.54, 1.807) is 0 Å². The highest BCUT2D eigenvalue weighted by Gasteiger charge is 2.46. The summed E-state index contributed by atoms with van der Waals surface area (Å²) in [5.74, 6) is -7.60. The van der Waals surface area contributed by atoms with Gasteiger partial charge in [-0.3, -0.25) is 4.79 Å². The third kappa shape index (κ3) is 4.29. The van der Waals surface area contributed by atoms with Gasteiger partial charge in [-0.25, -0.2) is 0 Å². The second kappa shape index (κ2) is 9.79. The smallest absolute Gasteiger partial charge is 0.202 e. The van der Waals surface area contributed by atoms with Crippen molar-refractivity contribution in [1.82, 2.24) is 0 Å². The monoisotopic (exact) mass is 592 g/mol. The summed E-state index contributed by atoms with van der Waals surface area (Å²) in [6.07, 6.45) is -6.35. The lowest BCUT2D eigenvalue weighted by atomic mass is 9.78. The van der Waals surface area contributed by atoms with Crippen LogP contribution in [0.1, 0.15) is 50.7 Å². The van der Waals surface area contributed by atoms with Crippen LogP contribution in [0.15, 0.2) is 54.6 Å². The van der Waals surface area contributed by atoms with Crippen molar-refractivity contribution >= 4 is 5.78 Å². The summed E-state index contributed by atoms with van der Waals surface area (Å²) in [4.78, 5) is 13.4. The normalized spacial score (nSPS) is 22.7. The largest absolute Gasteiger partial charge is 0.508 e. The van der Waals surface area contributed by atoms with E-state index in [0.717, 1.165) is 24.3 Å². The van der Waals surface area contributed by atoms with E-state index in [2.05, 4.69) is 0 Å². The maximum atomic E-state index is 13.4. The Morgan fingerprint density at radius 3 is 1.91 bits per heavy atom. The lowest BCUT2D eigenvalue weighted by Gasteiger charge is -2.38. The summed E-state index contributed by atoms with van der Waals surface area (Å²) in [7, 11) is 0. The lowest BCUT2D eigenvalue weighted by Crippen LogP contribution is -2.37. The SMILES string of the molecule is O=C1c2c(cc(O)c(C3c4ccc(O)cc4OC(c4ccc(O)c(O)c4)C3O)c2O)OC(c2cc(O)c(O)c(O)c2)C1O. The molecule has 0 saturated heterocycles. The van der Waals surface area contributed by atoms with Gasteiger partial charge in [0.2, 0.25) is 5.78 Å². The number of rotatable bonds is 3. The van der Waals surface area contributed by atoms with Crippen LogP contribution >= 0.6 is 0 Å². The van der Waals surface area contributed by atoms with Gasteiger partial charge in [-0.2, -0.15) is 0 Å². The van der Waals surface area contributed by atoms with Crippen molar-refractivity contribution < 1.29 is 65.3 Å². The number of phenolic OH excluding ortho intramolecular Hbond substituents is 8. The number of carbonyl (C=O) groups is 1. The zero-order chi connectivity index (χ0) is 30.9. The van der Waals surface area contributed by atoms with Crippen LogP contribution in [0.5, 0.6) is 57.5 Å². The Bertz CT molecular complexity index is 1780. The minimum atomic E-state index is -1.98. The van der Waals surface area contributed by atoms with E-state index in [4.69, 9.17) is 9.47 Å². The Morgan fingerprint density at radius 1 is 0.581 bits per heavy atom. The van der Waals surface area contributed by atoms with Gasteiger partial charge in [-0.05, 0) is 35.9 Å². The highest BCUT2D eigenvalue weighted by molar-refractivity contribution is 6.06. The third-order valence-electron chi connectivity index (χ3n) is 7.64. The highest BCUT2D eigenvalue weighted by Crippen LogP contribution is 2.54. The van der Waals surface area contributed by atoms with Gasteiger partial charge in [0.05, 0.1) is 0 Å². The minimum Gasteiger partial charge on any atom is -0.508 e. The van der Waals surface area contributed by atoms with Gasteiger partial charge in [0, 0.05) is 34.7 Å². The molecule has 6 rings (SSSR count). The summed E-state index contributed by atoms with van der Waals surface area (Å²) >= 11 is 0. The van der Waals surface area contributed by atoms with Crippen molar-refractivity contribution in [3.05, 3.63) is 82.4 Å². The number of hydrogen-bond donors (Lipinski definition) is 10. The lowest BCUT2D eigenvalue weighted by molar-refractivity contribution is 0.00688. The number of aliphatic hydroxyl groups excluding tert-OH is 2. The molecule has 4 aromatic rings. The fourth-order valence-electron chi connectivity index (χ4n) is 5.57. The van der Waals surface area contributed by atoms with Crippen molar-refractivity contribution in [2.24, 2.45) is 0 Å². The van der Waals surface area contributed by atoms with Crippen LogP contribution in [0.3, 0.4) is 0 Å². The van der Waals surface area contributed by atoms with E-state index in [-0.39, 0.29) is 39.5 Å². The first-order valence-corrected chi connectivity index (χ1v) is 12.8. The molecule has 0 spiro atoms. The topological polar surface area (TPSA) is 238 Å². The molecule has 0 amide bonds. The maximum Gasteiger partial charge on any atom is 0.202 e. The molecule has 4 aromatic carbocycles. The van der Waals surface area contributed by atoms with Crippen molar-refractivity contribution in [3.8, 4) is 57.5 Å². The van der Waals surface area contributed by atoms with Gasteiger partial charge in [0.1, 0.15) is 40.4 Å². The number of ketones is 1. The molecule has 43 heavy (non-hydrogen) atoms. The van der Waals surface area contributed by atoms with Crippen LogP contribution in [-0.4, -0.2) is 69.1 Å². The van der Waals surface area contributed by atoms with E-state index in [0.29, 0.717) is 0 Å². The first-order chi connectivity index (χ1) is 20.4. The van der Waals surface area contributed by atoms with E-state index in [1.807, 2.05) is 0 Å². The molecule has 2 aliphatic rings. The van der Waals surface area contributed by atoms with Crippen LogP contribution in [0.2, 0.25) is 0 Å². The van der Waals surface area contributed by atoms with Gasteiger partial charge in [0.15, 0.2) is 47.1 Å². The van der Waals surface area contributed by atoms with Gasteiger partial charge in [-0.15, -0.1) is 0 Å². The average molecular weight is 593 g/mol. The summed E-state index contributed by atoms with van der Waals surface area (Å²) < 4.78 is 11.6. The van der Waals surface area contributed by atoms with E-state index >= 15 is 0 Å². The molecule has 0 aromatic heterocycles. The molecule has 13 nitrogen and oxygen atoms in total. The zero-order valence-corrected chi connectivity index (χ0v) is 21.8. The number of phenols is 8. The number of ether oxygens (including phenoxy) is 2. The number of fused-ring (bicyclic) bond motifs is 2. The summed E-state index contributed by atoms with van der Waals surface area (Å²) in [6, 6.07) is 10.5. The first-order valence-electron chi connectivity index (χ1n) is 12.8. The van der Waals surface area contributed by atoms with E-state index in [9.17, 15) is 55.9 Å². The number of aromatic hydroxyl groups is 8. The quantitative estimate of drug-likeness (QED) is 0.154. The number of aliphatic hydroxyl groups is 2. The molecule has 10 N–H and O–H groups in total. The summed E-state index contributed by atoms with van der Waals surface area (Å²) in [5.41, 5.74) is -0.570. The van der Waals surface area contributed by atoms with Crippen molar-refractivity contribution in [1.29, 1.82) is 0 Å². The predicted octanol–water partition coefficient (Wildman–Crippen LogP) is 2.64. The fraction of sp³-hybridized carbons (Fsp3) is 0.167. The number of carbonyl (C=O) groups excluding carboxylic acids is 1. The second-order valence-electron chi connectivity index (χ2n) is 10.3. The van der Waals surface area contributed by atoms with Crippen molar-refractivity contribution in [3.63, 3.8) is 0 Å². The Morgan fingerprint density at radius 2 is 1.23 bits per heavy atom. The van der Waals surface area contributed by atoms with Crippen molar-refractivity contribution in [2.75, 3.05) is 0 Å². The molecular weight excluding hydrogens is 568 g/mol. The maximum absolute atomic E-state index is 13.4. The molecule has 0 radical (unpaired) electrons. The zero-order valence-electron chi connectivity index (χ0n) is 21.8. The van der Waals surface area contributed by atoms with Gasteiger partial charge in [-0.1, -0.05) is 12.1 Å². The Labute approximate surface area is 241 Å². The van der Waals surface area contributed by atoms with E-state index in [1.165, 1.54) is 30.3 Å². The van der Waals surface area contributed by atoms with Gasteiger partial charge in [0.25, 0.3) is 0 Å². The molecule has 0 fully saturated rings.